The fraction of sp³-hybridized carbons (Fsp3) is 0.400. The molecule has 1 aliphatic heterocycles. The van der Waals surface area contributed by atoms with E-state index in [2.05, 4.69) is 15.4 Å². The highest BCUT2D eigenvalue weighted by Crippen LogP contribution is 2.42. The van der Waals surface area contributed by atoms with Gasteiger partial charge in [0.1, 0.15) is 0 Å². The van der Waals surface area contributed by atoms with Crippen molar-refractivity contribution in [1.82, 2.24) is 19.7 Å². The highest BCUT2D eigenvalue weighted by Gasteiger charge is 2.51. The van der Waals surface area contributed by atoms with E-state index in [0.717, 1.165) is 25.1 Å². The Morgan fingerprint density at radius 2 is 2.23 bits per heavy atom. The van der Waals surface area contributed by atoms with Gasteiger partial charge in [0.15, 0.2) is 0 Å². The molecule has 2 aromatic rings. The van der Waals surface area contributed by atoms with Gasteiger partial charge in [0.05, 0.1) is 23.8 Å². The van der Waals surface area contributed by atoms with E-state index in [1.165, 1.54) is 0 Å². The fourth-order valence-corrected chi connectivity index (χ4v) is 3.27. The Labute approximate surface area is 128 Å². The molecule has 0 aromatic carbocycles. The van der Waals surface area contributed by atoms with E-state index in [1.807, 2.05) is 12.1 Å². The fourth-order valence-electron chi connectivity index (χ4n) is 3.27. The molecule has 2 atom stereocenters. The molecule has 7 heteroatoms. The van der Waals surface area contributed by atoms with Crippen LogP contribution in [-0.2, 0) is 0 Å². The zero-order chi connectivity index (χ0) is 15.2. The predicted octanol–water partition coefficient (Wildman–Crippen LogP) is 1.22. The van der Waals surface area contributed by atoms with Gasteiger partial charge in [0, 0.05) is 31.0 Å². The van der Waals surface area contributed by atoms with Crippen LogP contribution in [0.3, 0.4) is 0 Å². The average molecular weight is 298 g/mol. The number of likely N-dealkylation sites (tertiary alicyclic amines) is 1. The van der Waals surface area contributed by atoms with Gasteiger partial charge >= 0.3 is 6.03 Å². The summed E-state index contributed by atoms with van der Waals surface area (Å²) in [4.78, 5) is 18.1. The second-order valence-corrected chi connectivity index (χ2v) is 6.16. The van der Waals surface area contributed by atoms with Gasteiger partial charge in [-0.05, 0) is 30.9 Å². The van der Waals surface area contributed by atoms with Crippen LogP contribution in [-0.4, -0.2) is 44.3 Å². The number of carbonyl (C=O) groups excluding carboxylic acids is 1. The van der Waals surface area contributed by atoms with Crippen LogP contribution in [0.25, 0.3) is 5.69 Å². The predicted molar refractivity (Wildman–Crippen MR) is 81.6 cm³/mol. The molecule has 114 valence electrons. The Balaban J connectivity index is 1.44. The molecule has 7 nitrogen and oxygen atoms in total. The number of nitrogens with one attached hydrogen (secondary N) is 1. The zero-order valence-corrected chi connectivity index (χ0v) is 12.1. The van der Waals surface area contributed by atoms with Crippen molar-refractivity contribution in [3.63, 3.8) is 0 Å². The smallest absolute Gasteiger partial charge is 0.322 e. The minimum atomic E-state index is -0.154. The van der Waals surface area contributed by atoms with Crippen molar-refractivity contribution in [2.24, 2.45) is 11.7 Å². The highest BCUT2D eigenvalue weighted by atomic mass is 16.2. The SMILES string of the molecule is N[C@]12CC[C@H]1CN(C(=O)Nc1cnn(-c3ccncc3)c1)C2. The van der Waals surface area contributed by atoms with Crippen molar-refractivity contribution in [2.45, 2.75) is 18.4 Å². The summed E-state index contributed by atoms with van der Waals surface area (Å²) in [6.07, 6.45) is 8.98. The summed E-state index contributed by atoms with van der Waals surface area (Å²) >= 11 is 0. The Morgan fingerprint density at radius 1 is 1.41 bits per heavy atom. The molecule has 3 heterocycles. The van der Waals surface area contributed by atoms with E-state index >= 15 is 0 Å². The van der Waals surface area contributed by atoms with Crippen LogP contribution in [0.1, 0.15) is 12.8 Å². The van der Waals surface area contributed by atoms with E-state index in [-0.39, 0.29) is 11.6 Å². The Kier molecular flexibility index (Phi) is 2.90. The van der Waals surface area contributed by atoms with Crippen molar-refractivity contribution in [3.05, 3.63) is 36.9 Å². The third kappa shape index (κ3) is 2.14. The number of pyridine rings is 1. The van der Waals surface area contributed by atoms with Crippen LogP contribution in [0, 0.1) is 5.92 Å². The van der Waals surface area contributed by atoms with Gasteiger partial charge in [-0.2, -0.15) is 5.10 Å². The minimum Gasteiger partial charge on any atom is -0.323 e. The summed E-state index contributed by atoms with van der Waals surface area (Å²) in [5.41, 5.74) is 7.68. The molecule has 2 aromatic heterocycles. The summed E-state index contributed by atoms with van der Waals surface area (Å²) in [7, 11) is 0. The van der Waals surface area contributed by atoms with Gasteiger partial charge in [-0.3, -0.25) is 4.98 Å². The molecular weight excluding hydrogens is 280 g/mol. The summed E-state index contributed by atoms with van der Waals surface area (Å²) in [5, 5.41) is 7.15. The summed E-state index contributed by atoms with van der Waals surface area (Å²) < 4.78 is 1.70. The monoisotopic (exact) mass is 298 g/mol. The molecule has 4 rings (SSSR count). The van der Waals surface area contributed by atoms with Crippen LogP contribution >= 0.6 is 0 Å². The first-order valence-electron chi connectivity index (χ1n) is 7.44. The molecule has 0 bridgehead atoms. The highest BCUT2D eigenvalue weighted by molar-refractivity contribution is 5.89. The van der Waals surface area contributed by atoms with Crippen LogP contribution in [0.2, 0.25) is 0 Å². The number of hydrogen-bond donors (Lipinski definition) is 2. The number of aromatic nitrogens is 3. The molecule has 1 saturated heterocycles. The molecule has 1 aliphatic carbocycles. The molecule has 2 fully saturated rings. The molecule has 0 unspecified atom stereocenters. The van der Waals surface area contributed by atoms with Crippen molar-refractivity contribution in [2.75, 3.05) is 18.4 Å². The van der Waals surface area contributed by atoms with Crippen LogP contribution in [0.15, 0.2) is 36.9 Å². The average Bonchev–Trinajstić information content (AvgIpc) is 3.07. The third-order valence-electron chi connectivity index (χ3n) is 4.75. The molecule has 1 saturated carbocycles. The van der Waals surface area contributed by atoms with E-state index in [0.29, 0.717) is 18.2 Å². The van der Waals surface area contributed by atoms with Gasteiger partial charge in [-0.25, -0.2) is 9.48 Å². The second-order valence-electron chi connectivity index (χ2n) is 6.16. The molecular formula is C15H18N6O. The maximum atomic E-state index is 12.3. The van der Waals surface area contributed by atoms with Gasteiger partial charge in [-0.15, -0.1) is 0 Å². The second kappa shape index (κ2) is 4.81. The Morgan fingerprint density at radius 3 is 2.86 bits per heavy atom. The van der Waals surface area contributed by atoms with Gasteiger partial charge in [0.2, 0.25) is 0 Å². The number of urea groups is 1. The number of nitrogens with zero attached hydrogens (tertiary/aromatic N) is 4. The van der Waals surface area contributed by atoms with Crippen molar-refractivity contribution >= 4 is 11.7 Å². The zero-order valence-electron chi connectivity index (χ0n) is 12.1. The summed E-state index contributed by atoms with van der Waals surface area (Å²) in [5.74, 6) is 0.456. The van der Waals surface area contributed by atoms with Crippen LogP contribution in [0.5, 0.6) is 0 Å². The third-order valence-corrected chi connectivity index (χ3v) is 4.75. The minimum absolute atomic E-state index is 0.103. The number of rotatable bonds is 2. The lowest BCUT2D eigenvalue weighted by Gasteiger charge is -2.39. The first-order valence-corrected chi connectivity index (χ1v) is 7.44. The lowest BCUT2D eigenvalue weighted by atomic mass is 9.70. The van der Waals surface area contributed by atoms with Crippen LogP contribution in [0.4, 0.5) is 10.5 Å². The molecule has 22 heavy (non-hydrogen) atoms. The number of fused-ring (bicyclic) bond motifs is 1. The van der Waals surface area contributed by atoms with Crippen molar-refractivity contribution < 1.29 is 4.79 Å². The number of anilines is 1. The quantitative estimate of drug-likeness (QED) is 0.872. The number of nitrogens with two attached hydrogens (primary N) is 1. The number of carbonyl (C=O) groups is 1. The number of amides is 2. The van der Waals surface area contributed by atoms with E-state index < -0.39 is 0 Å². The standard InChI is InChI=1S/C15H18N6O/c16-15-4-1-11(15)8-20(10-15)14(22)19-12-7-18-21(9-12)13-2-5-17-6-3-13/h2-3,5-7,9,11H,1,4,8,10,16H2,(H,19,22)/t11-,15-/m0/s1. The van der Waals surface area contributed by atoms with Gasteiger partial charge in [-0.1, -0.05) is 0 Å². The molecule has 3 N–H and O–H groups in total. The largest absolute Gasteiger partial charge is 0.323 e. The molecule has 2 amide bonds. The Bertz CT molecular complexity index is 699. The molecule has 0 radical (unpaired) electrons. The van der Waals surface area contributed by atoms with Gasteiger partial charge < -0.3 is 16.0 Å². The summed E-state index contributed by atoms with van der Waals surface area (Å²) in [6.45, 7) is 1.39. The lowest BCUT2D eigenvalue weighted by Crippen LogP contribution is -2.54. The first-order chi connectivity index (χ1) is 10.6. The maximum Gasteiger partial charge on any atom is 0.322 e. The van der Waals surface area contributed by atoms with Crippen molar-refractivity contribution in [1.29, 1.82) is 0 Å². The molecule has 0 spiro atoms. The first kappa shape index (κ1) is 13.3. The number of hydrogen-bond acceptors (Lipinski definition) is 4. The van der Waals surface area contributed by atoms with E-state index in [4.69, 9.17) is 5.73 Å². The van der Waals surface area contributed by atoms with Gasteiger partial charge in [0.25, 0.3) is 0 Å². The van der Waals surface area contributed by atoms with Crippen molar-refractivity contribution in [3.8, 4) is 5.69 Å². The van der Waals surface area contributed by atoms with E-state index in [9.17, 15) is 4.79 Å². The lowest BCUT2D eigenvalue weighted by molar-refractivity contribution is 0.188. The maximum absolute atomic E-state index is 12.3. The summed E-state index contributed by atoms with van der Waals surface area (Å²) in [6, 6.07) is 3.61. The normalized spacial score (nSPS) is 26.4. The van der Waals surface area contributed by atoms with Crippen LogP contribution < -0.4 is 11.1 Å². The topological polar surface area (TPSA) is 89.1 Å². The Hall–Kier alpha value is -2.41. The molecule has 2 aliphatic rings. The van der Waals surface area contributed by atoms with E-state index in [1.54, 1.807) is 34.4 Å².